The van der Waals surface area contributed by atoms with Gasteiger partial charge in [-0.25, -0.2) is 0 Å². The molecule has 5 heteroatoms. The number of benzene rings is 6. The van der Waals surface area contributed by atoms with Gasteiger partial charge in [0.15, 0.2) is 0 Å². The first-order valence-corrected chi connectivity index (χ1v) is 23.1. The molecule has 2 aliphatic rings. The van der Waals surface area contributed by atoms with E-state index in [-0.39, 0.29) is 55.3 Å². The smallest absolute Gasteiger partial charge is 0.661 e. The van der Waals surface area contributed by atoms with Crippen LogP contribution >= 0.6 is 0 Å². The summed E-state index contributed by atoms with van der Waals surface area (Å²) >= 11 is 0. The van der Waals surface area contributed by atoms with E-state index in [1.807, 2.05) is 13.8 Å². The molecule has 58 heavy (non-hydrogen) atoms. The van der Waals surface area contributed by atoms with Crippen LogP contribution in [0.4, 0.5) is 17.1 Å². The minimum absolute atomic E-state index is 0. The van der Waals surface area contributed by atoms with Gasteiger partial charge in [-0.3, -0.25) is 0 Å². The van der Waals surface area contributed by atoms with Gasteiger partial charge in [-0.2, -0.15) is 23.8 Å². The molecule has 292 valence electrons. The zero-order valence-electron chi connectivity index (χ0n) is 41.0. The number of rotatable bonds is 7. The maximum absolute atomic E-state index is 8.60. The first-order valence-electron chi connectivity index (χ1n) is 23.1. The number of para-hydroxylation sites is 2. The number of pyridine rings is 1. The third-order valence-corrected chi connectivity index (χ3v) is 12.8. The summed E-state index contributed by atoms with van der Waals surface area (Å²) in [5, 5.41) is 6.10. The summed E-state index contributed by atoms with van der Waals surface area (Å²) in [7, 11) is -1.87. The maximum Gasteiger partial charge on any atom is 3.00 e. The van der Waals surface area contributed by atoms with Crippen LogP contribution in [-0.2, 0) is 31.9 Å². The van der Waals surface area contributed by atoms with Crippen molar-refractivity contribution in [1.82, 2.24) is 4.98 Å². The number of nitrogens with zero attached hydrogens (tertiary/aromatic N) is 3. The summed E-state index contributed by atoms with van der Waals surface area (Å²) in [5.74, 6) is -0.252. The minimum atomic E-state index is -2.56. The van der Waals surface area contributed by atoms with E-state index in [1.165, 1.54) is 39.4 Å². The second-order valence-corrected chi connectivity index (χ2v) is 21.7. The summed E-state index contributed by atoms with van der Waals surface area (Å²) in [4.78, 5) is 6.79. The van der Waals surface area contributed by atoms with Gasteiger partial charge in [0.25, 0.3) is 0 Å². The molecule has 1 atom stereocenters. The molecule has 1 unspecified atom stereocenters. The Hall–Kier alpha value is -5.06. The summed E-state index contributed by atoms with van der Waals surface area (Å²) in [6.45, 7) is 12.1. The molecule has 1 aliphatic carbocycles. The largest absolute Gasteiger partial charge is 3.00 e. The monoisotopic (exact) mass is 958 g/mol. The van der Waals surface area contributed by atoms with E-state index in [2.05, 4.69) is 171 Å². The fourth-order valence-corrected chi connectivity index (χ4v) is 9.36. The number of aromatic nitrogens is 1. The topological polar surface area (TPSA) is 30.2 Å². The van der Waals surface area contributed by atoms with E-state index in [4.69, 9.17) is 14.9 Å². The predicted molar refractivity (Wildman–Crippen MR) is 244 cm³/mol. The molecule has 9 rings (SSSR count). The quantitative estimate of drug-likeness (QED) is 0.118. The van der Waals surface area contributed by atoms with Gasteiger partial charge < -0.3 is 15.2 Å². The molecule has 0 bridgehead atoms. The first kappa shape index (κ1) is 32.8. The fraction of sp³-hybridized carbons (Fsp3) is 0.226. The van der Waals surface area contributed by atoms with Gasteiger partial charge in [0, 0.05) is 27.2 Å². The van der Waals surface area contributed by atoms with Crippen LogP contribution in [0.15, 0.2) is 146 Å². The van der Waals surface area contributed by atoms with Crippen molar-refractivity contribution >= 4 is 30.3 Å². The molecule has 0 radical (unpaired) electrons. The van der Waals surface area contributed by atoms with Crippen LogP contribution in [0.5, 0.6) is 0 Å². The van der Waals surface area contributed by atoms with Crippen LogP contribution in [0.25, 0.3) is 38.8 Å². The van der Waals surface area contributed by atoms with Crippen molar-refractivity contribution in [2.24, 2.45) is 5.92 Å². The Balaban J connectivity index is 0.000000198. The number of hydrogen-bond donors (Lipinski definition) is 0. The standard InChI is InChI=1S/C34H26N2.C19H26NSi.Ir/c1-34(2)29-13-7-6-12-27(29)28-22-25(18-21-30(28)34)33-35-31-14-8-9-15-32(31)36(33)26-19-16-24(17-20-26)23-10-4-3-5-11-23;1-14(2)11-17-12-18(16-9-7-15(3)8-10-16)20-13-19(17)21(4,5)6;/h3-17,19-22,33H,1-2H3;7-9,12-14H,11H2,1-6H3;/q-2;-1;+3/i;3D3,7D,8D,11D2;. The molecule has 0 spiro atoms. The molecule has 7 aromatic rings. The van der Waals surface area contributed by atoms with Gasteiger partial charge in [-0.05, 0) is 75.2 Å². The number of anilines is 2. The van der Waals surface area contributed by atoms with Gasteiger partial charge in [-0.1, -0.05) is 151 Å². The molecule has 6 aromatic carbocycles. The van der Waals surface area contributed by atoms with Crippen molar-refractivity contribution in [3.8, 4) is 33.5 Å². The van der Waals surface area contributed by atoms with Crippen molar-refractivity contribution < 1.29 is 29.7 Å². The Morgan fingerprint density at radius 3 is 2.28 bits per heavy atom. The Labute approximate surface area is 370 Å². The van der Waals surface area contributed by atoms with Crippen LogP contribution in [0, 0.1) is 24.9 Å². The van der Waals surface area contributed by atoms with E-state index in [0.717, 1.165) is 27.8 Å². The van der Waals surface area contributed by atoms with Crippen LogP contribution < -0.4 is 10.1 Å². The molecule has 0 amide bonds. The molecular formula is C53H52IrN3Si. The summed E-state index contributed by atoms with van der Waals surface area (Å²) in [6, 6.07) is 49.8. The van der Waals surface area contributed by atoms with Crippen molar-refractivity contribution in [1.29, 1.82) is 0 Å². The third-order valence-electron chi connectivity index (χ3n) is 10.8. The van der Waals surface area contributed by atoms with E-state index in [9.17, 15) is 0 Å². The van der Waals surface area contributed by atoms with E-state index >= 15 is 0 Å². The van der Waals surface area contributed by atoms with E-state index in [0.29, 0.717) is 16.8 Å². The zero-order chi connectivity index (χ0) is 45.9. The molecule has 0 saturated carbocycles. The normalized spacial score (nSPS) is 16.9. The minimum Gasteiger partial charge on any atom is -0.661 e. The average Bonchev–Trinajstić information content (AvgIpc) is 3.75. The molecule has 0 saturated heterocycles. The molecule has 0 N–H and O–H groups in total. The summed E-state index contributed by atoms with van der Waals surface area (Å²) in [6.07, 6.45) is -0.0406. The Morgan fingerprint density at radius 2 is 1.55 bits per heavy atom. The van der Waals surface area contributed by atoms with Crippen molar-refractivity contribution in [3.05, 3.63) is 191 Å². The Morgan fingerprint density at radius 1 is 0.845 bits per heavy atom. The molecular weight excluding hydrogens is 899 g/mol. The third kappa shape index (κ3) is 8.14. The fourth-order valence-electron chi connectivity index (χ4n) is 7.95. The second kappa shape index (κ2) is 16.7. The van der Waals surface area contributed by atoms with Gasteiger partial charge in [0.1, 0.15) is 0 Å². The molecule has 0 fully saturated rings. The molecule has 1 aliphatic heterocycles. The Kier molecular flexibility index (Phi) is 9.43. The Bertz CT molecular complexity index is 2830. The van der Waals surface area contributed by atoms with Gasteiger partial charge in [-0.15, -0.1) is 52.2 Å². The van der Waals surface area contributed by atoms with Crippen LogP contribution in [0.1, 0.15) is 71.3 Å². The number of fused-ring (bicyclic) bond motifs is 4. The molecule has 2 heterocycles. The van der Waals surface area contributed by atoms with Gasteiger partial charge in [0.05, 0.1) is 8.07 Å². The molecule has 1 aromatic heterocycles. The zero-order valence-corrected chi connectivity index (χ0v) is 37.4. The number of hydrogen-bond acceptors (Lipinski definition) is 2. The molecule has 3 nitrogen and oxygen atoms in total. The second-order valence-electron chi connectivity index (χ2n) is 16.7. The maximum atomic E-state index is 8.60. The van der Waals surface area contributed by atoms with Crippen LogP contribution in [0.3, 0.4) is 0 Å². The predicted octanol–water partition coefficient (Wildman–Crippen LogP) is 13.9. The van der Waals surface area contributed by atoms with Crippen molar-refractivity contribution in [3.63, 3.8) is 0 Å². The van der Waals surface area contributed by atoms with E-state index < -0.39 is 21.3 Å². The first-order chi connectivity index (χ1) is 30.2. The van der Waals surface area contributed by atoms with Gasteiger partial charge in [0.2, 0.25) is 0 Å². The van der Waals surface area contributed by atoms with Crippen molar-refractivity contribution in [2.75, 3.05) is 4.90 Å². The van der Waals surface area contributed by atoms with Gasteiger partial charge >= 0.3 is 20.1 Å². The van der Waals surface area contributed by atoms with Crippen LogP contribution in [0.2, 0.25) is 19.6 Å². The summed E-state index contributed by atoms with van der Waals surface area (Å²) in [5.41, 5.74) is 13.1. The van der Waals surface area contributed by atoms with Crippen LogP contribution in [-0.4, -0.2) is 13.1 Å². The summed E-state index contributed by atoms with van der Waals surface area (Å²) < 4.78 is 55.8. The van der Waals surface area contributed by atoms with Crippen molar-refractivity contribution in [2.45, 2.75) is 72.1 Å². The average molecular weight is 958 g/mol. The SMILES string of the molecule is CC1(C)c2c[c-]c(C3[N-]c4ccccc4N3c3ccc(-c4ccccc4)cc3)cc2-c2ccccc21.[2H]c1[c-]c(-c2cc(C([2H])([2H])C(C)C)c([Si](C)(C)C)cn2)cc([2H])c1C([2H])([2H])[2H].[Ir+3]. The van der Waals surface area contributed by atoms with E-state index in [1.54, 1.807) is 12.3 Å².